The Kier molecular flexibility index (Phi) is 4.18. The average molecular weight is 275 g/mol. The summed E-state index contributed by atoms with van der Waals surface area (Å²) in [6.45, 7) is 2.21. The second kappa shape index (κ2) is 5.88. The first-order valence-corrected chi connectivity index (χ1v) is 8.93. The summed E-state index contributed by atoms with van der Waals surface area (Å²) in [6, 6.07) is 8.33. The molecule has 0 aliphatic heterocycles. The highest BCUT2D eigenvalue weighted by molar-refractivity contribution is 7.99. The van der Waals surface area contributed by atoms with Gasteiger partial charge in [-0.15, -0.1) is 0 Å². The molecule has 0 radical (unpaired) electrons. The van der Waals surface area contributed by atoms with E-state index in [1.54, 1.807) is 11.1 Å². The van der Waals surface area contributed by atoms with Crippen LogP contribution >= 0.6 is 11.8 Å². The standard InChI is InChI=1S/C17H25NS/c1-12-6-7-13-8-9-17(16(13)10-12)18-14-4-3-5-15(11-14)19-2/h6-7,10,14-15,17-18H,3-5,8-9,11H2,1-2H3. The van der Waals surface area contributed by atoms with Crippen LogP contribution in [0.4, 0.5) is 0 Å². The summed E-state index contributed by atoms with van der Waals surface area (Å²) in [5.74, 6) is 0. The Labute approximate surface area is 121 Å². The van der Waals surface area contributed by atoms with Crippen molar-refractivity contribution in [3.63, 3.8) is 0 Å². The van der Waals surface area contributed by atoms with E-state index in [4.69, 9.17) is 0 Å². The number of hydrogen-bond acceptors (Lipinski definition) is 2. The number of fused-ring (bicyclic) bond motifs is 1. The fraction of sp³-hybridized carbons (Fsp3) is 0.647. The molecular formula is C17H25NS. The van der Waals surface area contributed by atoms with Gasteiger partial charge < -0.3 is 5.32 Å². The molecule has 3 unspecified atom stereocenters. The molecule has 1 saturated carbocycles. The molecule has 0 spiro atoms. The minimum absolute atomic E-state index is 0.612. The van der Waals surface area contributed by atoms with E-state index < -0.39 is 0 Å². The molecule has 3 rings (SSSR count). The first kappa shape index (κ1) is 13.5. The van der Waals surface area contributed by atoms with Crippen LogP contribution in [0.3, 0.4) is 0 Å². The van der Waals surface area contributed by atoms with E-state index in [1.165, 1.54) is 44.1 Å². The van der Waals surface area contributed by atoms with E-state index in [0.717, 1.165) is 11.3 Å². The summed E-state index contributed by atoms with van der Waals surface area (Å²) in [6.07, 6.45) is 10.4. The maximum Gasteiger partial charge on any atom is 0.0328 e. The molecule has 0 heterocycles. The maximum absolute atomic E-state index is 3.95. The van der Waals surface area contributed by atoms with Crippen molar-refractivity contribution in [2.45, 2.75) is 62.8 Å². The molecule has 2 heteroatoms. The van der Waals surface area contributed by atoms with Crippen molar-refractivity contribution < 1.29 is 0 Å². The smallest absolute Gasteiger partial charge is 0.0328 e. The van der Waals surface area contributed by atoms with Crippen molar-refractivity contribution in [2.75, 3.05) is 6.26 Å². The zero-order valence-corrected chi connectivity index (χ0v) is 12.9. The summed E-state index contributed by atoms with van der Waals surface area (Å²) >= 11 is 2.06. The van der Waals surface area contributed by atoms with Gasteiger partial charge in [-0.1, -0.05) is 30.2 Å². The van der Waals surface area contributed by atoms with Gasteiger partial charge in [0.05, 0.1) is 0 Å². The third-order valence-electron chi connectivity index (χ3n) is 4.78. The van der Waals surface area contributed by atoms with Crippen LogP contribution < -0.4 is 5.32 Å². The van der Waals surface area contributed by atoms with E-state index in [2.05, 4.69) is 48.5 Å². The van der Waals surface area contributed by atoms with Crippen LogP contribution in [0.5, 0.6) is 0 Å². The summed E-state index contributed by atoms with van der Waals surface area (Å²) in [5, 5.41) is 4.83. The topological polar surface area (TPSA) is 12.0 Å². The number of aryl methyl sites for hydroxylation is 2. The molecule has 0 aromatic heterocycles. The highest BCUT2D eigenvalue weighted by Crippen LogP contribution is 2.34. The lowest BCUT2D eigenvalue weighted by Crippen LogP contribution is -2.37. The Bertz CT molecular complexity index is 443. The van der Waals surface area contributed by atoms with Gasteiger partial charge in [-0.25, -0.2) is 0 Å². The van der Waals surface area contributed by atoms with Crippen molar-refractivity contribution in [1.29, 1.82) is 0 Å². The monoisotopic (exact) mass is 275 g/mol. The van der Waals surface area contributed by atoms with Gasteiger partial charge in [0, 0.05) is 17.3 Å². The van der Waals surface area contributed by atoms with Crippen LogP contribution in [0.2, 0.25) is 0 Å². The van der Waals surface area contributed by atoms with Gasteiger partial charge in [0.15, 0.2) is 0 Å². The van der Waals surface area contributed by atoms with Crippen LogP contribution in [-0.4, -0.2) is 17.5 Å². The quantitative estimate of drug-likeness (QED) is 0.885. The van der Waals surface area contributed by atoms with E-state index in [9.17, 15) is 0 Å². The van der Waals surface area contributed by atoms with Crippen LogP contribution in [0.25, 0.3) is 0 Å². The van der Waals surface area contributed by atoms with Crippen molar-refractivity contribution in [3.05, 3.63) is 34.9 Å². The SMILES string of the molecule is CSC1CCCC(NC2CCc3ccc(C)cc32)C1. The molecule has 1 aromatic carbocycles. The minimum atomic E-state index is 0.612. The third-order valence-corrected chi connectivity index (χ3v) is 5.87. The summed E-state index contributed by atoms with van der Waals surface area (Å²) < 4.78 is 0. The lowest BCUT2D eigenvalue weighted by molar-refractivity contribution is 0.343. The van der Waals surface area contributed by atoms with E-state index in [0.29, 0.717) is 6.04 Å². The second-order valence-corrected chi connectivity index (χ2v) is 7.32. The molecule has 1 N–H and O–H groups in total. The average Bonchev–Trinajstić information content (AvgIpc) is 2.81. The lowest BCUT2D eigenvalue weighted by atomic mass is 9.93. The predicted molar refractivity (Wildman–Crippen MR) is 84.9 cm³/mol. The van der Waals surface area contributed by atoms with Gasteiger partial charge in [0.1, 0.15) is 0 Å². The molecule has 0 bridgehead atoms. The Balaban J connectivity index is 1.67. The first-order chi connectivity index (χ1) is 9.26. The molecule has 1 fully saturated rings. The van der Waals surface area contributed by atoms with Crippen molar-refractivity contribution in [3.8, 4) is 0 Å². The third kappa shape index (κ3) is 3.00. The van der Waals surface area contributed by atoms with Gasteiger partial charge in [-0.05, 0) is 56.4 Å². The molecule has 104 valence electrons. The van der Waals surface area contributed by atoms with Gasteiger partial charge in [-0.3, -0.25) is 0 Å². The zero-order chi connectivity index (χ0) is 13.2. The Morgan fingerprint density at radius 3 is 2.95 bits per heavy atom. The molecule has 1 aromatic rings. The molecular weight excluding hydrogens is 250 g/mol. The van der Waals surface area contributed by atoms with Crippen LogP contribution in [-0.2, 0) is 6.42 Å². The van der Waals surface area contributed by atoms with Gasteiger partial charge in [-0.2, -0.15) is 11.8 Å². The minimum Gasteiger partial charge on any atom is -0.307 e. The summed E-state index contributed by atoms with van der Waals surface area (Å²) in [5.41, 5.74) is 4.55. The molecule has 0 amide bonds. The largest absolute Gasteiger partial charge is 0.307 e. The molecule has 1 nitrogen and oxygen atoms in total. The fourth-order valence-corrected chi connectivity index (χ4v) is 4.52. The molecule has 2 aliphatic carbocycles. The highest BCUT2D eigenvalue weighted by Gasteiger charge is 2.27. The first-order valence-electron chi connectivity index (χ1n) is 7.64. The summed E-state index contributed by atoms with van der Waals surface area (Å²) in [7, 11) is 0. The second-order valence-electron chi connectivity index (χ2n) is 6.18. The van der Waals surface area contributed by atoms with Crippen molar-refractivity contribution in [2.24, 2.45) is 0 Å². The summed E-state index contributed by atoms with van der Waals surface area (Å²) in [4.78, 5) is 0. The molecule has 3 atom stereocenters. The van der Waals surface area contributed by atoms with Crippen LogP contribution in [0, 0.1) is 6.92 Å². The normalized spacial score (nSPS) is 30.3. The predicted octanol–water partition coefficient (Wildman–Crippen LogP) is 4.25. The number of rotatable bonds is 3. The molecule has 0 saturated heterocycles. The van der Waals surface area contributed by atoms with Crippen LogP contribution in [0.15, 0.2) is 18.2 Å². The van der Waals surface area contributed by atoms with Gasteiger partial charge in [0.2, 0.25) is 0 Å². The fourth-order valence-electron chi connectivity index (χ4n) is 3.69. The Hall–Kier alpha value is -0.470. The van der Waals surface area contributed by atoms with E-state index in [1.807, 2.05) is 0 Å². The maximum atomic E-state index is 3.95. The number of nitrogens with one attached hydrogen (secondary N) is 1. The zero-order valence-electron chi connectivity index (χ0n) is 12.1. The Morgan fingerprint density at radius 2 is 2.11 bits per heavy atom. The van der Waals surface area contributed by atoms with Gasteiger partial charge >= 0.3 is 0 Å². The van der Waals surface area contributed by atoms with E-state index in [-0.39, 0.29) is 0 Å². The number of benzene rings is 1. The highest BCUT2D eigenvalue weighted by atomic mass is 32.2. The lowest BCUT2D eigenvalue weighted by Gasteiger charge is -2.31. The van der Waals surface area contributed by atoms with Crippen molar-refractivity contribution in [1.82, 2.24) is 5.32 Å². The molecule has 2 aliphatic rings. The van der Waals surface area contributed by atoms with Crippen molar-refractivity contribution >= 4 is 11.8 Å². The van der Waals surface area contributed by atoms with E-state index >= 15 is 0 Å². The molecule has 19 heavy (non-hydrogen) atoms. The van der Waals surface area contributed by atoms with Crippen LogP contribution in [0.1, 0.15) is 54.8 Å². The number of hydrogen-bond donors (Lipinski definition) is 1. The Morgan fingerprint density at radius 1 is 1.21 bits per heavy atom. The number of thioether (sulfide) groups is 1. The van der Waals surface area contributed by atoms with Gasteiger partial charge in [0.25, 0.3) is 0 Å².